The predicted molar refractivity (Wildman–Crippen MR) is 83.1 cm³/mol. The Morgan fingerprint density at radius 3 is 2.05 bits per heavy atom. The van der Waals surface area contributed by atoms with Crippen LogP contribution >= 0.6 is 0 Å². The van der Waals surface area contributed by atoms with Gasteiger partial charge in [0.05, 0.1) is 6.61 Å². The SMILES string of the molecule is CC.CCCC(COOC1(C)CCCC1)C(C)(C)C. The highest BCUT2D eigenvalue weighted by Gasteiger charge is 2.32. The topological polar surface area (TPSA) is 18.5 Å². The van der Waals surface area contributed by atoms with Crippen LogP contribution in [0.25, 0.3) is 0 Å². The van der Waals surface area contributed by atoms with Crippen LogP contribution in [0.1, 0.15) is 87.0 Å². The third-order valence-electron chi connectivity index (χ3n) is 4.05. The molecule has 0 aromatic heterocycles. The summed E-state index contributed by atoms with van der Waals surface area (Å²) < 4.78 is 0. The van der Waals surface area contributed by atoms with Gasteiger partial charge in [0.25, 0.3) is 0 Å². The zero-order chi connectivity index (χ0) is 14.9. The molecule has 2 nitrogen and oxygen atoms in total. The van der Waals surface area contributed by atoms with Crippen LogP contribution in [-0.4, -0.2) is 12.2 Å². The largest absolute Gasteiger partial charge is 0.236 e. The molecular formula is C17H36O2. The van der Waals surface area contributed by atoms with Crippen molar-refractivity contribution in [2.45, 2.75) is 92.6 Å². The van der Waals surface area contributed by atoms with E-state index >= 15 is 0 Å². The molecule has 1 atom stereocenters. The smallest absolute Gasteiger partial charge is 0.101 e. The van der Waals surface area contributed by atoms with E-state index in [0.717, 1.165) is 19.4 Å². The maximum Gasteiger partial charge on any atom is 0.101 e. The fourth-order valence-electron chi connectivity index (χ4n) is 2.58. The first kappa shape index (κ1) is 18.9. The second kappa shape index (κ2) is 8.97. The van der Waals surface area contributed by atoms with E-state index in [2.05, 4.69) is 34.6 Å². The van der Waals surface area contributed by atoms with Gasteiger partial charge in [-0.15, -0.1) is 0 Å². The molecule has 1 unspecified atom stereocenters. The van der Waals surface area contributed by atoms with E-state index in [9.17, 15) is 0 Å². The van der Waals surface area contributed by atoms with Crippen LogP contribution in [0.3, 0.4) is 0 Å². The van der Waals surface area contributed by atoms with Gasteiger partial charge < -0.3 is 0 Å². The summed E-state index contributed by atoms with van der Waals surface area (Å²) >= 11 is 0. The van der Waals surface area contributed by atoms with E-state index < -0.39 is 0 Å². The first-order valence-corrected chi connectivity index (χ1v) is 8.18. The fraction of sp³-hybridized carbons (Fsp3) is 1.00. The lowest BCUT2D eigenvalue weighted by Crippen LogP contribution is -2.29. The van der Waals surface area contributed by atoms with Crippen molar-refractivity contribution < 1.29 is 9.78 Å². The normalized spacial score (nSPS) is 19.7. The van der Waals surface area contributed by atoms with E-state index in [1.807, 2.05) is 13.8 Å². The molecular weight excluding hydrogens is 236 g/mol. The first-order chi connectivity index (χ1) is 8.87. The minimum Gasteiger partial charge on any atom is -0.236 e. The van der Waals surface area contributed by atoms with Crippen LogP contribution in [0, 0.1) is 11.3 Å². The van der Waals surface area contributed by atoms with Crippen LogP contribution in [-0.2, 0) is 9.78 Å². The second-order valence-corrected chi connectivity index (χ2v) is 6.88. The zero-order valence-electron chi connectivity index (χ0n) is 14.3. The van der Waals surface area contributed by atoms with Crippen molar-refractivity contribution in [1.29, 1.82) is 0 Å². The van der Waals surface area contributed by atoms with Crippen molar-refractivity contribution in [3.05, 3.63) is 0 Å². The van der Waals surface area contributed by atoms with Gasteiger partial charge in [-0.3, -0.25) is 0 Å². The summed E-state index contributed by atoms with van der Waals surface area (Å²) in [5, 5.41) is 0. The van der Waals surface area contributed by atoms with Gasteiger partial charge in [-0.1, -0.05) is 60.8 Å². The third-order valence-corrected chi connectivity index (χ3v) is 4.05. The molecule has 0 aromatic rings. The molecule has 1 rings (SSSR count). The van der Waals surface area contributed by atoms with E-state index in [-0.39, 0.29) is 5.60 Å². The van der Waals surface area contributed by atoms with Gasteiger partial charge in [0, 0.05) is 0 Å². The van der Waals surface area contributed by atoms with Gasteiger partial charge >= 0.3 is 0 Å². The lowest BCUT2D eigenvalue weighted by molar-refractivity contribution is -0.363. The Labute approximate surface area is 121 Å². The number of rotatable bonds is 6. The first-order valence-electron chi connectivity index (χ1n) is 8.18. The average molecular weight is 272 g/mol. The Balaban J connectivity index is 0.00000154. The van der Waals surface area contributed by atoms with Crippen molar-refractivity contribution in [1.82, 2.24) is 0 Å². The molecule has 19 heavy (non-hydrogen) atoms. The van der Waals surface area contributed by atoms with Crippen LogP contribution in [0.2, 0.25) is 0 Å². The predicted octanol–water partition coefficient (Wildman–Crippen LogP) is 5.76. The molecule has 0 N–H and O–H groups in total. The quantitative estimate of drug-likeness (QED) is 0.452. The van der Waals surface area contributed by atoms with Crippen LogP contribution in [0.5, 0.6) is 0 Å². The highest BCUT2D eigenvalue weighted by molar-refractivity contribution is 4.80. The van der Waals surface area contributed by atoms with Gasteiger partial charge in [0.2, 0.25) is 0 Å². The molecule has 0 aliphatic heterocycles. The Hall–Kier alpha value is -0.0800. The molecule has 116 valence electrons. The molecule has 1 saturated carbocycles. The molecule has 0 amide bonds. The number of hydrogen-bond acceptors (Lipinski definition) is 2. The highest BCUT2D eigenvalue weighted by atomic mass is 17.2. The van der Waals surface area contributed by atoms with Gasteiger partial charge in [-0.05, 0) is 37.5 Å². The molecule has 1 fully saturated rings. The standard InChI is InChI=1S/C15H30O2.C2H6/c1-6-9-13(14(2,3)4)12-16-17-15(5)10-7-8-11-15;1-2/h13H,6-12H2,1-5H3;1-2H3. The van der Waals surface area contributed by atoms with Gasteiger partial charge in [-0.2, -0.15) is 0 Å². The van der Waals surface area contributed by atoms with Crippen molar-refractivity contribution in [3.8, 4) is 0 Å². The monoisotopic (exact) mass is 272 g/mol. The molecule has 0 bridgehead atoms. The van der Waals surface area contributed by atoms with Gasteiger partial charge in [0.1, 0.15) is 5.60 Å². The minimum absolute atomic E-state index is 0.0192. The maximum atomic E-state index is 5.66. The van der Waals surface area contributed by atoms with Gasteiger partial charge in [-0.25, -0.2) is 9.78 Å². The Morgan fingerprint density at radius 1 is 1.11 bits per heavy atom. The average Bonchev–Trinajstić information content (AvgIpc) is 2.77. The Bertz CT molecular complexity index is 212. The molecule has 0 heterocycles. The summed E-state index contributed by atoms with van der Waals surface area (Å²) in [7, 11) is 0. The van der Waals surface area contributed by atoms with Crippen molar-refractivity contribution in [2.75, 3.05) is 6.61 Å². The van der Waals surface area contributed by atoms with Crippen LogP contribution < -0.4 is 0 Å². The Morgan fingerprint density at radius 2 is 1.63 bits per heavy atom. The fourth-order valence-corrected chi connectivity index (χ4v) is 2.58. The van der Waals surface area contributed by atoms with E-state index in [1.165, 1.54) is 25.7 Å². The zero-order valence-corrected chi connectivity index (χ0v) is 14.3. The summed E-state index contributed by atoms with van der Waals surface area (Å²) in [6.07, 6.45) is 7.25. The summed E-state index contributed by atoms with van der Waals surface area (Å²) in [4.78, 5) is 11.2. The van der Waals surface area contributed by atoms with E-state index in [1.54, 1.807) is 0 Å². The highest BCUT2D eigenvalue weighted by Crippen LogP contribution is 2.34. The van der Waals surface area contributed by atoms with Crippen molar-refractivity contribution in [3.63, 3.8) is 0 Å². The third kappa shape index (κ3) is 7.31. The van der Waals surface area contributed by atoms with E-state index in [0.29, 0.717) is 11.3 Å². The van der Waals surface area contributed by atoms with Crippen LogP contribution in [0.4, 0.5) is 0 Å². The molecule has 1 aliphatic carbocycles. The van der Waals surface area contributed by atoms with Crippen LogP contribution in [0.15, 0.2) is 0 Å². The summed E-state index contributed by atoms with van der Waals surface area (Å²) in [5.41, 5.74) is 0.282. The summed E-state index contributed by atoms with van der Waals surface area (Å²) in [5.74, 6) is 0.581. The van der Waals surface area contributed by atoms with Gasteiger partial charge in [0.15, 0.2) is 0 Å². The Kier molecular flexibility index (Phi) is 8.93. The van der Waals surface area contributed by atoms with E-state index in [4.69, 9.17) is 9.78 Å². The lowest BCUT2D eigenvalue weighted by atomic mass is 9.79. The molecule has 1 aliphatic rings. The molecule has 0 spiro atoms. The van der Waals surface area contributed by atoms with Crippen molar-refractivity contribution >= 4 is 0 Å². The molecule has 2 heteroatoms. The van der Waals surface area contributed by atoms with Crippen molar-refractivity contribution in [2.24, 2.45) is 11.3 Å². The second-order valence-electron chi connectivity index (χ2n) is 6.88. The summed E-state index contributed by atoms with van der Waals surface area (Å²) in [6.45, 7) is 16.0. The lowest BCUT2D eigenvalue weighted by Gasteiger charge is -2.31. The molecule has 0 radical (unpaired) electrons. The molecule has 0 aromatic carbocycles. The maximum absolute atomic E-state index is 5.66. The minimum atomic E-state index is -0.0192. The number of hydrogen-bond donors (Lipinski definition) is 0. The summed E-state index contributed by atoms with van der Waals surface area (Å²) in [6, 6.07) is 0. The molecule has 0 saturated heterocycles.